The van der Waals surface area contributed by atoms with Crippen LogP contribution in [0.4, 0.5) is 0 Å². The Kier molecular flexibility index (Phi) is 1.79. The van der Waals surface area contributed by atoms with Gasteiger partial charge in [-0.1, -0.05) is 0 Å². The molecule has 0 saturated heterocycles. The maximum Gasteiger partial charge on any atom is 0.312 e. The number of carbonyl (C=O) groups is 1. The first kappa shape index (κ1) is 9.97. The fourth-order valence-corrected chi connectivity index (χ4v) is 2.89. The molecule has 3 aliphatic carbocycles. The van der Waals surface area contributed by atoms with Crippen molar-refractivity contribution in [1.29, 1.82) is 0 Å². The highest BCUT2D eigenvalue weighted by molar-refractivity contribution is 5.81. The predicted octanol–water partition coefficient (Wildman–Crippen LogP) is 1.90. The molecule has 80 valence electrons. The van der Waals surface area contributed by atoms with E-state index in [9.17, 15) is 4.79 Å². The van der Waals surface area contributed by atoms with Crippen LogP contribution >= 0.6 is 0 Å². The Hall–Kier alpha value is -0.570. The van der Waals surface area contributed by atoms with Crippen molar-refractivity contribution in [3.63, 3.8) is 0 Å². The summed E-state index contributed by atoms with van der Waals surface area (Å²) in [5.74, 6) is -0.0584. The van der Waals surface area contributed by atoms with Gasteiger partial charge in [0.2, 0.25) is 0 Å². The maximum atomic E-state index is 11.4. The molecule has 0 aromatic carbocycles. The van der Waals surface area contributed by atoms with E-state index in [1.54, 1.807) is 0 Å². The minimum Gasteiger partial charge on any atom is -0.469 e. The first-order valence-electron chi connectivity index (χ1n) is 5.10. The first-order valence-corrected chi connectivity index (χ1v) is 5.10. The van der Waals surface area contributed by atoms with Crippen LogP contribution in [-0.4, -0.2) is 24.3 Å². The average Bonchev–Trinajstić information content (AvgIpc) is 1.90. The highest BCUT2D eigenvalue weighted by atomic mass is 16.5. The van der Waals surface area contributed by atoms with Crippen LogP contribution in [0.2, 0.25) is 0 Å². The van der Waals surface area contributed by atoms with Crippen LogP contribution < -0.4 is 0 Å². The zero-order valence-corrected chi connectivity index (χ0v) is 9.35. The van der Waals surface area contributed by atoms with E-state index in [4.69, 9.17) is 9.47 Å². The van der Waals surface area contributed by atoms with Gasteiger partial charge in [-0.2, -0.15) is 0 Å². The van der Waals surface area contributed by atoms with Gasteiger partial charge in [0, 0.05) is 0 Å². The molecule has 0 amide bonds. The summed E-state index contributed by atoms with van der Waals surface area (Å²) in [4.78, 5) is 11.4. The van der Waals surface area contributed by atoms with Crippen LogP contribution in [0.25, 0.3) is 0 Å². The Balaban J connectivity index is 1.92. The second kappa shape index (κ2) is 2.51. The summed E-state index contributed by atoms with van der Waals surface area (Å²) in [5, 5.41) is 0. The molecule has 0 N–H and O–H groups in total. The standard InChI is InChI=1S/C11H18O3/c1-9(2,3)14-11-5-10(6-11,7-11)8(12)13-4/h5-7H2,1-4H3. The molecule has 2 bridgehead atoms. The van der Waals surface area contributed by atoms with Crippen molar-refractivity contribution in [3.8, 4) is 0 Å². The first-order chi connectivity index (χ1) is 6.31. The van der Waals surface area contributed by atoms with Crippen LogP contribution in [-0.2, 0) is 14.3 Å². The molecule has 3 saturated carbocycles. The number of methoxy groups -OCH3 is 1. The molecule has 14 heavy (non-hydrogen) atoms. The maximum absolute atomic E-state index is 11.4. The molecule has 0 spiro atoms. The number of esters is 1. The number of rotatable bonds is 2. The van der Waals surface area contributed by atoms with E-state index in [1.165, 1.54) is 7.11 Å². The minimum absolute atomic E-state index is 0.00750. The van der Waals surface area contributed by atoms with Gasteiger partial charge in [-0.05, 0) is 40.0 Å². The SMILES string of the molecule is COC(=O)C12CC(OC(C)(C)C)(C1)C2. The third kappa shape index (κ3) is 1.26. The molecule has 3 rings (SSSR count). The van der Waals surface area contributed by atoms with E-state index in [0.29, 0.717) is 0 Å². The number of carbonyl (C=O) groups excluding carboxylic acids is 1. The van der Waals surface area contributed by atoms with E-state index in [1.807, 2.05) is 0 Å². The smallest absolute Gasteiger partial charge is 0.312 e. The zero-order chi connectivity index (χ0) is 10.6. The highest BCUT2D eigenvalue weighted by Crippen LogP contribution is 2.70. The van der Waals surface area contributed by atoms with Gasteiger partial charge < -0.3 is 9.47 Å². The molecule has 0 aromatic rings. The average molecular weight is 198 g/mol. The zero-order valence-electron chi connectivity index (χ0n) is 9.35. The fourth-order valence-electron chi connectivity index (χ4n) is 2.89. The van der Waals surface area contributed by atoms with Gasteiger partial charge in [0.15, 0.2) is 0 Å². The summed E-state index contributed by atoms with van der Waals surface area (Å²) in [6.07, 6.45) is 2.55. The molecule has 0 aromatic heterocycles. The van der Waals surface area contributed by atoms with E-state index in [0.717, 1.165) is 19.3 Å². The van der Waals surface area contributed by atoms with Gasteiger partial charge in [0.05, 0.1) is 23.7 Å². The molecule has 0 unspecified atom stereocenters. The number of ether oxygens (including phenoxy) is 2. The largest absolute Gasteiger partial charge is 0.469 e. The third-order valence-electron chi connectivity index (χ3n) is 3.12. The number of hydrogen-bond acceptors (Lipinski definition) is 3. The van der Waals surface area contributed by atoms with Crippen molar-refractivity contribution in [2.75, 3.05) is 7.11 Å². The fraction of sp³-hybridized carbons (Fsp3) is 0.909. The molecule has 3 fully saturated rings. The van der Waals surface area contributed by atoms with Crippen molar-refractivity contribution < 1.29 is 14.3 Å². The van der Waals surface area contributed by atoms with E-state index in [2.05, 4.69) is 20.8 Å². The molecule has 0 heterocycles. The summed E-state index contributed by atoms with van der Waals surface area (Å²) < 4.78 is 10.7. The van der Waals surface area contributed by atoms with Crippen LogP contribution in [0.5, 0.6) is 0 Å². The quantitative estimate of drug-likeness (QED) is 0.636. The van der Waals surface area contributed by atoms with Crippen LogP contribution in [0.1, 0.15) is 40.0 Å². The Morgan fingerprint density at radius 3 is 2.07 bits per heavy atom. The summed E-state index contributed by atoms with van der Waals surface area (Å²) in [6.45, 7) is 6.16. The molecule has 0 aliphatic heterocycles. The van der Waals surface area contributed by atoms with Crippen LogP contribution in [0, 0.1) is 5.41 Å². The predicted molar refractivity (Wildman–Crippen MR) is 51.9 cm³/mol. The van der Waals surface area contributed by atoms with Gasteiger partial charge in [-0.15, -0.1) is 0 Å². The lowest BCUT2D eigenvalue weighted by molar-refractivity contribution is -0.312. The van der Waals surface area contributed by atoms with Crippen molar-refractivity contribution in [2.45, 2.75) is 51.2 Å². The Labute approximate surface area is 84.8 Å². The van der Waals surface area contributed by atoms with Gasteiger partial charge in [0.1, 0.15) is 0 Å². The van der Waals surface area contributed by atoms with Crippen molar-refractivity contribution in [2.24, 2.45) is 5.41 Å². The van der Waals surface area contributed by atoms with Gasteiger partial charge in [-0.25, -0.2) is 0 Å². The second-order valence-corrected chi connectivity index (χ2v) is 5.70. The van der Waals surface area contributed by atoms with E-state index < -0.39 is 0 Å². The Morgan fingerprint density at radius 2 is 1.71 bits per heavy atom. The summed E-state index contributed by atoms with van der Waals surface area (Å²) in [7, 11) is 1.46. The van der Waals surface area contributed by atoms with Crippen molar-refractivity contribution in [3.05, 3.63) is 0 Å². The molecule has 0 radical (unpaired) electrons. The lowest BCUT2D eigenvalue weighted by atomic mass is 9.41. The van der Waals surface area contributed by atoms with E-state index >= 15 is 0 Å². The lowest BCUT2D eigenvalue weighted by Gasteiger charge is -2.68. The third-order valence-corrected chi connectivity index (χ3v) is 3.12. The van der Waals surface area contributed by atoms with Crippen LogP contribution in [0.3, 0.4) is 0 Å². The topological polar surface area (TPSA) is 35.5 Å². The molecule has 3 heteroatoms. The molecular weight excluding hydrogens is 180 g/mol. The second-order valence-electron chi connectivity index (χ2n) is 5.70. The van der Waals surface area contributed by atoms with E-state index in [-0.39, 0.29) is 22.6 Å². The Bertz CT molecular complexity index is 255. The van der Waals surface area contributed by atoms with Gasteiger partial charge in [0.25, 0.3) is 0 Å². The van der Waals surface area contributed by atoms with Gasteiger partial charge >= 0.3 is 5.97 Å². The minimum atomic E-state index is -0.181. The van der Waals surface area contributed by atoms with Crippen molar-refractivity contribution >= 4 is 5.97 Å². The molecule has 0 atom stereocenters. The summed E-state index contributed by atoms with van der Waals surface area (Å²) in [6, 6.07) is 0. The van der Waals surface area contributed by atoms with Crippen LogP contribution in [0.15, 0.2) is 0 Å². The van der Waals surface area contributed by atoms with Gasteiger partial charge in [-0.3, -0.25) is 4.79 Å². The summed E-state index contributed by atoms with van der Waals surface area (Å²) in [5.41, 5.74) is -0.296. The molecule has 3 nitrogen and oxygen atoms in total. The molecule has 3 aliphatic rings. The summed E-state index contributed by atoms with van der Waals surface area (Å²) >= 11 is 0. The molecular formula is C11H18O3. The lowest BCUT2D eigenvalue weighted by Crippen LogP contribution is -2.72. The normalized spacial score (nSPS) is 39.7. The highest BCUT2D eigenvalue weighted by Gasteiger charge is 2.74. The number of hydrogen-bond donors (Lipinski definition) is 0. The monoisotopic (exact) mass is 198 g/mol. The Morgan fingerprint density at radius 1 is 1.21 bits per heavy atom. The van der Waals surface area contributed by atoms with Crippen molar-refractivity contribution in [1.82, 2.24) is 0 Å².